The Kier molecular flexibility index (Phi) is 79.8. The zero-order chi connectivity index (χ0) is 56.3. The highest BCUT2D eigenvalue weighted by Gasteiger charge is 2.25. The molecule has 2 aliphatic rings. The van der Waals surface area contributed by atoms with Crippen molar-refractivity contribution in [3.63, 3.8) is 0 Å². The van der Waals surface area contributed by atoms with Gasteiger partial charge in [-0.05, 0) is 71.4 Å². The normalized spacial score (nSPS) is 12.8. The smallest absolute Gasteiger partial charge is 0.463 e. The zero-order valence-corrected chi connectivity index (χ0v) is 46.4. The number of rotatable bonds is 20. The van der Waals surface area contributed by atoms with Crippen LogP contribution < -0.4 is 9.44 Å². The van der Waals surface area contributed by atoms with E-state index in [9.17, 15) is 48.0 Å². The first-order chi connectivity index (χ1) is 33.4. The molecule has 2 N–H and O–H groups in total. The van der Waals surface area contributed by atoms with Crippen LogP contribution in [0.3, 0.4) is 0 Å². The summed E-state index contributed by atoms with van der Waals surface area (Å²) in [5.41, 5.74) is 1.11. The van der Waals surface area contributed by atoms with Crippen LogP contribution >= 0.6 is 0 Å². The summed E-state index contributed by atoms with van der Waals surface area (Å²) in [6.45, 7) is 15.2. The molecule has 3 heterocycles. The van der Waals surface area contributed by atoms with Crippen LogP contribution in [0.4, 0.5) is 26.3 Å². The van der Waals surface area contributed by atoms with Crippen molar-refractivity contribution in [1.82, 2.24) is 24.2 Å². The third-order valence-electron chi connectivity index (χ3n) is 7.52. The summed E-state index contributed by atoms with van der Waals surface area (Å²) in [5, 5.41) is 0. The summed E-state index contributed by atoms with van der Waals surface area (Å²) in [5.74, 6) is -0.106. The lowest BCUT2D eigenvalue weighted by Crippen LogP contribution is -2.37. The number of carbonyl (C=O) groups is 1. The Bertz CT molecular complexity index is 1360. The lowest BCUT2D eigenvalue weighted by atomic mass is 10.3. The minimum Gasteiger partial charge on any atom is -0.463 e. The van der Waals surface area contributed by atoms with E-state index in [1.54, 1.807) is 54.9 Å². The van der Waals surface area contributed by atoms with Gasteiger partial charge in [0.2, 0.25) is 20.0 Å². The predicted octanol–water partition coefficient (Wildman–Crippen LogP) is 5.52. The van der Waals surface area contributed by atoms with Gasteiger partial charge in [0.1, 0.15) is 13.3 Å². The Hall–Kier alpha value is -2.42. The quantitative estimate of drug-likeness (QED) is 0.0933. The van der Waals surface area contributed by atoms with Crippen LogP contribution in [0.15, 0.2) is 24.5 Å². The summed E-state index contributed by atoms with van der Waals surface area (Å²) >= 11 is 0. The van der Waals surface area contributed by atoms with Crippen molar-refractivity contribution in [2.24, 2.45) is 0 Å². The van der Waals surface area contributed by atoms with Crippen LogP contribution in [0.2, 0.25) is 0 Å². The number of alkyl halides is 6. The number of hydrogen-bond donors (Lipinski definition) is 2. The van der Waals surface area contributed by atoms with Gasteiger partial charge in [0.25, 0.3) is 0 Å². The Morgan fingerprint density at radius 1 is 0.764 bits per heavy atom. The second-order valence-electron chi connectivity index (χ2n) is 13.4. The molecule has 0 bridgehead atoms. The topological polar surface area (TPSA) is 221 Å². The van der Waals surface area contributed by atoms with E-state index >= 15 is 0 Å². The lowest BCUT2D eigenvalue weighted by Gasteiger charge is -2.26. The number of halogens is 6. The van der Waals surface area contributed by atoms with E-state index in [1.165, 1.54) is 54.1 Å². The second kappa shape index (κ2) is 66.6. The van der Waals surface area contributed by atoms with Crippen molar-refractivity contribution in [3.8, 4) is 0 Å². The molecule has 0 atom stereocenters. The zero-order valence-electron chi connectivity index (χ0n) is 44.8. The van der Waals surface area contributed by atoms with Crippen molar-refractivity contribution in [2.75, 3.05) is 182 Å². The summed E-state index contributed by atoms with van der Waals surface area (Å²) in [6.07, 6.45) is 5.20. The highest BCUT2D eigenvalue weighted by molar-refractivity contribution is 7.89. The molecule has 28 heteroatoms. The molecule has 440 valence electrons. The molecule has 0 amide bonds. The maximum Gasteiger partial charge on any atom is 0.522 e. The molecule has 1 aromatic heterocycles. The first kappa shape index (κ1) is 86.3. The number of morpholine rings is 1. The van der Waals surface area contributed by atoms with E-state index in [0.29, 0.717) is 26.9 Å². The number of nitrogens with one attached hydrogen (secondary N) is 2. The van der Waals surface area contributed by atoms with Gasteiger partial charge in [-0.3, -0.25) is 19.4 Å². The van der Waals surface area contributed by atoms with Gasteiger partial charge in [-0.15, -0.1) is 13.2 Å². The molecule has 2 fully saturated rings. The fourth-order valence-corrected chi connectivity index (χ4v) is 4.12. The molecule has 0 spiro atoms. The molecule has 0 aromatic carbocycles. The van der Waals surface area contributed by atoms with E-state index in [2.05, 4.69) is 54.8 Å². The molecule has 0 unspecified atom stereocenters. The molecule has 20 nitrogen and oxygen atoms in total. The Balaban J connectivity index is -0.000000106. The highest BCUT2D eigenvalue weighted by atomic mass is 32.2. The Labute approximate surface area is 429 Å². The number of likely N-dealkylation sites (tertiary alicyclic amines) is 1. The Morgan fingerprint density at radius 3 is 1.51 bits per heavy atom. The molecular formula is C44H95F6N5O15S2. The average Bonchev–Trinajstić information content (AvgIpc) is 3.88. The van der Waals surface area contributed by atoms with Crippen molar-refractivity contribution in [1.29, 1.82) is 0 Å². The summed E-state index contributed by atoms with van der Waals surface area (Å²) in [7, 11) is 8.41. The molecule has 2 saturated heterocycles. The second-order valence-corrected chi connectivity index (χ2v) is 17.5. The van der Waals surface area contributed by atoms with Gasteiger partial charge >= 0.3 is 18.9 Å². The lowest BCUT2D eigenvalue weighted by molar-refractivity contribution is -0.311. The summed E-state index contributed by atoms with van der Waals surface area (Å²) in [4.78, 5) is 18.8. The van der Waals surface area contributed by atoms with Crippen LogP contribution in [0.25, 0.3) is 0 Å². The first-order valence-electron chi connectivity index (χ1n) is 22.2. The van der Waals surface area contributed by atoms with Gasteiger partial charge in [-0.2, -0.15) is 8.78 Å². The number of methoxy groups -OCH3 is 8. The number of ether oxygens (including phenoxy) is 10. The molecule has 0 saturated carbocycles. The van der Waals surface area contributed by atoms with Crippen LogP contribution in [0.1, 0.15) is 59.4 Å². The van der Waals surface area contributed by atoms with Crippen molar-refractivity contribution in [3.05, 3.63) is 30.1 Å². The summed E-state index contributed by atoms with van der Waals surface area (Å²) in [6, 6.07) is 3.88. The fourth-order valence-electron chi connectivity index (χ4n) is 3.83. The van der Waals surface area contributed by atoms with Crippen LogP contribution in [0.5, 0.6) is 0 Å². The number of carbonyl (C=O) groups excluding carboxylic acids is 1. The maximum absolute atomic E-state index is 10.9. The molecular weight excluding hydrogens is 1020 g/mol. The molecule has 72 heavy (non-hydrogen) atoms. The SMILES string of the molecule is C.CCCOC.CCS(=O)(=O)NC.CNS(C)(=O)=O.COC(F)(F)F.COC(F)F.COCCCN1CCOCC1.COCCF.COCCN1CCCC1.COCCOC(C)=O.COCc1cccnc1. The van der Waals surface area contributed by atoms with E-state index < -0.39 is 33.0 Å². The molecule has 0 radical (unpaired) electrons. The number of esters is 1. The number of sulfonamides is 2. The number of nitrogens with zero attached hydrogens (tertiary/aromatic N) is 3. The van der Waals surface area contributed by atoms with Crippen LogP contribution in [-0.2, 0) is 78.8 Å². The van der Waals surface area contributed by atoms with Gasteiger partial charge < -0.3 is 47.5 Å². The van der Waals surface area contributed by atoms with E-state index in [4.69, 9.17) is 23.7 Å². The van der Waals surface area contributed by atoms with Gasteiger partial charge in [0.15, 0.2) is 0 Å². The third kappa shape index (κ3) is 97.0. The first-order valence-corrected chi connectivity index (χ1v) is 25.7. The number of aromatic nitrogens is 1. The number of hydrogen-bond acceptors (Lipinski definition) is 18. The van der Waals surface area contributed by atoms with Crippen molar-refractivity contribution < 1.29 is 95.3 Å². The van der Waals surface area contributed by atoms with E-state index in [1.807, 2.05) is 12.1 Å². The van der Waals surface area contributed by atoms with Crippen molar-refractivity contribution >= 4 is 26.0 Å². The maximum atomic E-state index is 10.9. The molecule has 3 rings (SSSR count). The van der Waals surface area contributed by atoms with Crippen LogP contribution in [0, 0.1) is 0 Å². The van der Waals surface area contributed by atoms with Gasteiger partial charge in [0, 0.05) is 116 Å². The minimum atomic E-state index is -4.46. The van der Waals surface area contributed by atoms with Gasteiger partial charge in [-0.25, -0.2) is 30.7 Å². The van der Waals surface area contributed by atoms with Gasteiger partial charge in [-0.1, -0.05) is 20.4 Å². The highest BCUT2D eigenvalue weighted by Crippen LogP contribution is 2.13. The van der Waals surface area contributed by atoms with Crippen molar-refractivity contribution in [2.45, 2.75) is 73.5 Å². The molecule has 1 aromatic rings. The average molecular weight is 1110 g/mol. The summed E-state index contributed by atoms with van der Waals surface area (Å²) < 4.78 is 153. The molecule has 0 aliphatic carbocycles. The number of pyridine rings is 1. The minimum absolute atomic E-state index is 0. The fraction of sp³-hybridized carbons (Fsp3) is 0.864. The monoisotopic (exact) mass is 1110 g/mol. The van der Waals surface area contributed by atoms with Gasteiger partial charge in [0.05, 0.1) is 51.6 Å². The standard InChI is InChI=1S/C8H17NO2.C7H9NO.C7H15NO.C5H10O3.C4H10O.C3H7FO.C3H9NO2S.C2H3F3O.C2H4F2O.C2H7NO2S.CH4/c1-10-6-2-3-9-4-7-11-8-5-9;1-9-6-7-3-2-4-8-5-7;1-9-7-6-8-4-2-3-5-8;1-5(6)8-4-3-7-2;1-3-4-5-2;1-5-3-2-4;1-3-7(5,6)4-2;1-6-2(3,4)5;1-5-2(3)4;1-3-6(2,4)5;/h2-8H2,1H3;2-5H,6H2,1H3;2-7H2,1H3;3-4H2,1-2H3;3-4H2,1-2H3;2-3H2,1H3;4H,3H2,1-2H3;1H3;2H,1H3;3H,1-2H3;1H4. The van der Waals surface area contributed by atoms with E-state index in [-0.39, 0.29) is 32.4 Å². The third-order valence-corrected chi connectivity index (χ3v) is 9.65. The Morgan fingerprint density at radius 2 is 1.24 bits per heavy atom. The largest absolute Gasteiger partial charge is 0.522 e. The predicted molar refractivity (Wildman–Crippen MR) is 270 cm³/mol. The van der Waals surface area contributed by atoms with Crippen LogP contribution in [-0.4, -0.2) is 232 Å². The molecule has 2 aliphatic heterocycles. The van der Waals surface area contributed by atoms with E-state index in [0.717, 1.165) is 91.0 Å².